The third kappa shape index (κ3) is 3.74. The lowest BCUT2D eigenvalue weighted by Gasteiger charge is -2.05. The molecule has 0 saturated heterocycles. The Labute approximate surface area is 108 Å². The quantitative estimate of drug-likeness (QED) is 0.329. The Morgan fingerprint density at radius 2 is 2.22 bits per heavy atom. The van der Waals surface area contributed by atoms with Gasteiger partial charge in [0.15, 0.2) is 11.1 Å². The fourth-order valence-corrected chi connectivity index (χ4v) is 2.09. The molecule has 0 atom stereocenters. The van der Waals surface area contributed by atoms with Gasteiger partial charge in [0.1, 0.15) is 0 Å². The first-order valence-corrected chi connectivity index (χ1v) is 5.94. The van der Waals surface area contributed by atoms with E-state index >= 15 is 0 Å². The average Bonchev–Trinajstić information content (AvgIpc) is 2.26. The summed E-state index contributed by atoms with van der Waals surface area (Å²) in [4.78, 5) is 13.9. The van der Waals surface area contributed by atoms with Gasteiger partial charge in [0, 0.05) is 17.4 Å². The van der Waals surface area contributed by atoms with Crippen molar-refractivity contribution in [2.45, 2.75) is 12.7 Å². The highest BCUT2D eigenvalue weighted by molar-refractivity contribution is 8.13. The summed E-state index contributed by atoms with van der Waals surface area (Å²) < 4.78 is 0. The normalized spacial score (nSPS) is 9.83. The van der Waals surface area contributed by atoms with E-state index in [1.807, 2.05) is 0 Å². The van der Waals surface area contributed by atoms with E-state index in [-0.39, 0.29) is 16.8 Å². The maximum absolute atomic E-state index is 10.8. The zero-order valence-corrected chi connectivity index (χ0v) is 10.5. The molecule has 0 aliphatic carbocycles. The molecule has 0 aliphatic rings. The van der Waals surface area contributed by atoms with Crippen LogP contribution in [0, 0.1) is 22.4 Å². The van der Waals surface area contributed by atoms with E-state index in [9.17, 15) is 10.1 Å². The molecule has 0 fully saturated rings. The summed E-state index contributed by atoms with van der Waals surface area (Å²) in [5.41, 5.74) is 11.7. The van der Waals surface area contributed by atoms with E-state index < -0.39 is 4.92 Å². The molecule has 1 aromatic rings. The molecule has 7 nitrogen and oxygen atoms in total. The lowest BCUT2D eigenvalue weighted by atomic mass is 10.1. The Hall–Kier alpha value is -2.09. The van der Waals surface area contributed by atoms with Crippen LogP contribution in [0.25, 0.3) is 0 Å². The topological polar surface area (TPSA) is 131 Å². The molecule has 1 rings (SSSR count). The van der Waals surface area contributed by atoms with Gasteiger partial charge in [-0.1, -0.05) is 23.9 Å². The second kappa shape index (κ2) is 6.01. The fourth-order valence-electron chi connectivity index (χ4n) is 1.32. The number of benzene rings is 1. The summed E-state index contributed by atoms with van der Waals surface area (Å²) in [5.74, 6) is 0.228. The Morgan fingerprint density at radius 3 is 2.78 bits per heavy atom. The average molecular weight is 267 g/mol. The second-order valence-electron chi connectivity index (χ2n) is 3.45. The largest absolute Gasteiger partial charge is 0.370 e. The minimum atomic E-state index is -0.426. The molecule has 0 heterocycles. The first-order valence-electron chi connectivity index (χ1n) is 4.95. The minimum absolute atomic E-state index is 0.0269. The summed E-state index contributed by atoms with van der Waals surface area (Å²) in [5, 5.41) is 18.2. The smallest absolute Gasteiger partial charge is 0.272 e. The van der Waals surface area contributed by atoms with Gasteiger partial charge in [-0.25, -0.2) is 0 Å². The van der Waals surface area contributed by atoms with Crippen molar-refractivity contribution in [2.75, 3.05) is 0 Å². The number of guanidine groups is 1. The van der Waals surface area contributed by atoms with Crippen LogP contribution >= 0.6 is 11.8 Å². The highest BCUT2D eigenvalue weighted by atomic mass is 32.2. The van der Waals surface area contributed by atoms with Crippen molar-refractivity contribution in [2.24, 2.45) is 16.5 Å². The van der Waals surface area contributed by atoms with Gasteiger partial charge >= 0.3 is 0 Å². The van der Waals surface area contributed by atoms with Gasteiger partial charge in [-0.2, -0.15) is 4.99 Å². The van der Waals surface area contributed by atoms with Crippen LogP contribution in [0.5, 0.6) is 0 Å². The number of nitrogens with zero attached hydrogens (tertiary/aromatic N) is 2. The van der Waals surface area contributed by atoms with Crippen LogP contribution < -0.4 is 11.5 Å². The number of aliphatic imine (C=N–C) groups is 1. The molecule has 0 amide bonds. The number of thioether (sulfide) groups is 1. The molecular weight excluding hydrogens is 254 g/mol. The molecule has 0 spiro atoms. The highest BCUT2D eigenvalue weighted by Crippen LogP contribution is 2.24. The van der Waals surface area contributed by atoms with E-state index in [1.54, 1.807) is 19.1 Å². The Morgan fingerprint density at radius 1 is 1.56 bits per heavy atom. The maximum atomic E-state index is 10.8. The van der Waals surface area contributed by atoms with Crippen LogP contribution in [0.2, 0.25) is 0 Å². The monoisotopic (exact) mass is 267 g/mol. The molecule has 8 heteroatoms. The molecular formula is C10H13N5O2S. The number of nitrogens with two attached hydrogens (primary N) is 2. The zero-order valence-electron chi connectivity index (χ0n) is 9.71. The summed E-state index contributed by atoms with van der Waals surface area (Å²) >= 11 is 1.11. The van der Waals surface area contributed by atoms with Crippen molar-refractivity contribution in [1.82, 2.24) is 0 Å². The summed E-state index contributed by atoms with van der Waals surface area (Å²) in [6.45, 7) is 1.68. The van der Waals surface area contributed by atoms with Crippen LogP contribution in [0.1, 0.15) is 11.1 Å². The van der Waals surface area contributed by atoms with Crippen molar-refractivity contribution in [3.63, 3.8) is 0 Å². The number of hydrogen-bond donors (Lipinski definition) is 3. The number of rotatable bonds is 3. The Bertz CT molecular complexity index is 511. The van der Waals surface area contributed by atoms with Crippen molar-refractivity contribution in [3.8, 4) is 0 Å². The first-order chi connectivity index (χ1) is 8.41. The molecule has 1 aromatic carbocycles. The van der Waals surface area contributed by atoms with E-state index in [1.165, 1.54) is 6.07 Å². The molecule has 0 bridgehead atoms. The predicted octanol–water partition coefficient (Wildman–Crippen LogP) is 1.34. The van der Waals surface area contributed by atoms with Crippen LogP contribution in [-0.2, 0) is 5.75 Å². The molecule has 18 heavy (non-hydrogen) atoms. The van der Waals surface area contributed by atoms with Gasteiger partial charge < -0.3 is 11.5 Å². The fraction of sp³-hybridized carbons (Fsp3) is 0.200. The number of hydrogen-bond acceptors (Lipinski definition) is 4. The number of nitrogens with one attached hydrogen (secondary N) is 1. The van der Waals surface area contributed by atoms with Gasteiger partial charge in [-0.3, -0.25) is 15.5 Å². The summed E-state index contributed by atoms with van der Waals surface area (Å²) in [6.07, 6.45) is 0. The van der Waals surface area contributed by atoms with Crippen molar-refractivity contribution in [1.29, 1.82) is 5.41 Å². The SMILES string of the molecule is Cc1c(CSC(=N)N=C(N)N)cccc1[N+](=O)[O-]. The molecule has 0 radical (unpaired) electrons. The lowest BCUT2D eigenvalue weighted by molar-refractivity contribution is -0.385. The van der Waals surface area contributed by atoms with Gasteiger partial charge in [0.25, 0.3) is 5.69 Å². The van der Waals surface area contributed by atoms with E-state index in [0.29, 0.717) is 11.3 Å². The third-order valence-electron chi connectivity index (χ3n) is 2.21. The van der Waals surface area contributed by atoms with E-state index in [2.05, 4.69) is 4.99 Å². The Balaban J connectivity index is 2.80. The Kier molecular flexibility index (Phi) is 4.67. The zero-order chi connectivity index (χ0) is 13.7. The molecule has 0 aromatic heterocycles. The van der Waals surface area contributed by atoms with Crippen LogP contribution in [0.3, 0.4) is 0 Å². The molecule has 5 N–H and O–H groups in total. The van der Waals surface area contributed by atoms with Crippen molar-refractivity contribution in [3.05, 3.63) is 39.4 Å². The van der Waals surface area contributed by atoms with Gasteiger partial charge in [0.2, 0.25) is 0 Å². The lowest BCUT2D eigenvalue weighted by Crippen LogP contribution is -2.23. The van der Waals surface area contributed by atoms with Crippen LogP contribution in [0.4, 0.5) is 5.69 Å². The maximum Gasteiger partial charge on any atom is 0.272 e. The summed E-state index contributed by atoms with van der Waals surface area (Å²) in [6, 6.07) is 4.84. The first kappa shape index (κ1) is 14.0. The number of nitro benzene ring substituents is 1. The molecule has 0 saturated carbocycles. The van der Waals surface area contributed by atoms with Crippen LogP contribution in [-0.4, -0.2) is 16.1 Å². The highest BCUT2D eigenvalue weighted by Gasteiger charge is 2.13. The predicted molar refractivity (Wildman–Crippen MR) is 72.7 cm³/mol. The molecule has 96 valence electrons. The second-order valence-corrected chi connectivity index (χ2v) is 4.41. The van der Waals surface area contributed by atoms with Gasteiger partial charge in [0.05, 0.1) is 4.92 Å². The standard InChI is InChI=1S/C10H13N5O2S/c1-6-7(3-2-4-8(6)15(16)17)5-18-10(13)14-9(11)12/h2-4H,5H2,1H3,(H5,11,12,13,14). The third-order valence-corrected chi connectivity index (χ3v) is 3.03. The number of amidine groups is 1. The number of nitro groups is 1. The van der Waals surface area contributed by atoms with Crippen molar-refractivity contribution >= 4 is 28.6 Å². The van der Waals surface area contributed by atoms with Crippen molar-refractivity contribution < 1.29 is 4.92 Å². The van der Waals surface area contributed by atoms with E-state index in [4.69, 9.17) is 16.9 Å². The van der Waals surface area contributed by atoms with Gasteiger partial charge in [-0.05, 0) is 12.5 Å². The molecule has 0 unspecified atom stereocenters. The van der Waals surface area contributed by atoms with E-state index in [0.717, 1.165) is 17.3 Å². The minimum Gasteiger partial charge on any atom is -0.370 e. The van der Waals surface area contributed by atoms with Crippen LogP contribution in [0.15, 0.2) is 23.2 Å². The molecule has 0 aliphatic heterocycles. The summed E-state index contributed by atoms with van der Waals surface area (Å²) in [7, 11) is 0. The van der Waals surface area contributed by atoms with Gasteiger partial charge in [-0.15, -0.1) is 0 Å².